The first kappa shape index (κ1) is 16.9. The first-order valence-corrected chi connectivity index (χ1v) is 7.81. The fourth-order valence-corrected chi connectivity index (χ4v) is 3.09. The van der Waals surface area contributed by atoms with Crippen LogP contribution in [0.4, 0.5) is 0 Å². The first-order chi connectivity index (χ1) is 11.6. The Morgan fingerprint density at radius 2 is 1.52 bits per heavy atom. The van der Waals surface area contributed by atoms with E-state index >= 15 is 0 Å². The Bertz CT molecular complexity index is 1170. The number of aromatic nitrogens is 5. The summed E-state index contributed by atoms with van der Waals surface area (Å²) in [7, 11) is 1.50. The predicted octanol–water partition coefficient (Wildman–Crippen LogP) is -0.0558. The maximum absolute atomic E-state index is 12.9. The van der Waals surface area contributed by atoms with Crippen molar-refractivity contribution >= 4 is 28.5 Å². The molecule has 0 aliphatic heterocycles. The maximum Gasteiger partial charge on any atom is 0.332 e. The number of carbonyl (C=O) groups is 2. The normalized spacial score (nSPS) is 11.6. The highest BCUT2D eigenvalue weighted by Gasteiger charge is 2.23. The molecule has 9 heteroatoms. The summed E-state index contributed by atoms with van der Waals surface area (Å²) >= 11 is 0. The third-order valence-corrected chi connectivity index (χ3v) is 4.39. The van der Waals surface area contributed by atoms with Crippen molar-refractivity contribution in [2.24, 2.45) is 7.05 Å². The van der Waals surface area contributed by atoms with Crippen LogP contribution in [-0.4, -0.2) is 34.7 Å². The fraction of sp³-hybridized carbons (Fsp3) is 0.438. The summed E-state index contributed by atoms with van der Waals surface area (Å²) in [5.74, 6) is 0.0878. The van der Waals surface area contributed by atoms with Crippen LogP contribution in [0.3, 0.4) is 0 Å². The minimum atomic E-state index is -0.596. The fourth-order valence-electron chi connectivity index (χ4n) is 3.09. The van der Waals surface area contributed by atoms with Crippen molar-refractivity contribution in [3.8, 4) is 0 Å². The molecule has 0 radical (unpaired) electrons. The zero-order chi connectivity index (χ0) is 18.6. The number of rotatable bonds is 4. The largest absolute Gasteiger partial charge is 0.332 e. The monoisotopic (exact) mass is 345 g/mol. The van der Waals surface area contributed by atoms with E-state index in [1.165, 1.54) is 25.5 Å². The van der Waals surface area contributed by atoms with Crippen LogP contribution in [0.15, 0.2) is 9.59 Å². The van der Waals surface area contributed by atoms with Crippen LogP contribution in [0, 0.1) is 13.8 Å². The van der Waals surface area contributed by atoms with Gasteiger partial charge in [-0.25, -0.2) is 4.79 Å². The number of nitrogens with zero attached hydrogens (tertiary/aromatic N) is 5. The lowest BCUT2D eigenvalue weighted by atomic mass is 10.3. The van der Waals surface area contributed by atoms with E-state index in [0.29, 0.717) is 5.78 Å². The molecule has 3 aromatic heterocycles. The van der Waals surface area contributed by atoms with Crippen molar-refractivity contribution in [2.45, 2.75) is 40.8 Å². The lowest BCUT2D eigenvalue weighted by Crippen LogP contribution is -2.40. The van der Waals surface area contributed by atoms with Gasteiger partial charge in [0.1, 0.15) is 11.6 Å². The third-order valence-electron chi connectivity index (χ3n) is 4.39. The van der Waals surface area contributed by atoms with Crippen LogP contribution in [0.25, 0.3) is 16.9 Å². The van der Waals surface area contributed by atoms with Crippen molar-refractivity contribution in [1.82, 2.24) is 23.1 Å². The molecule has 3 heterocycles. The Labute approximate surface area is 142 Å². The minimum Gasteiger partial charge on any atom is -0.306 e. The van der Waals surface area contributed by atoms with Crippen LogP contribution in [-0.2, 0) is 29.7 Å². The number of aryl methyl sites for hydroxylation is 2. The number of ketones is 2. The minimum absolute atomic E-state index is 0.0458. The Balaban J connectivity index is 2.53. The maximum atomic E-state index is 12.9. The van der Waals surface area contributed by atoms with Gasteiger partial charge in [0, 0.05) is 18.4 Å². The smallest absolute Gasteiger partial charge is 0.306 e. The Morgan fingerprint density at radius 3 is 2.08 bits per heavy atom. The molecule has 0 aliphatic carbocycles. The number of imidazole rings is 2. The van der Waals surface area contributed by atoms with Crippen molar-refractivity contribution in [3.05, 3.63) is 32.2 Å². The Kier molecular flexibility index (Phi) is 3.74. The molecule has 0 bridgehead atoms. The molecule has 0 atom stereocenters. The number of hydrogen-bond acceptors (Lipinski definition) is 5. The van der Waals surface area contributed by atoms with E-state index in [1.807, 2.05) is 13.8 Å². The van der Waals surface area contributed by atoms with Crippen LogP contribution in [0.1, 0.15) is 25.2 Å². The summed E-state index contributed by atoms with van der Waals surface area (Å²) in [6.45, 7) is 6.29. The second-order valence-corrected chi connectivity index (χ2v) is 6.31. The van der Waals surface area contributed by atoms with Gasteiger partial charge in [0.2, 0.25) is 5.78 Å². The van der Waals surface area contributed by atoms with Gasteiger partial charge in [0.15, 0.2) is 11.2 Å². The average Bonchev–Trinajstić information content (AvgIpc) is 3.01. The van der Waals surface area contributed by atoms with Crippen LogP contribution >= 0.6 is 0 Å². The van der Waals surface area contributed by atoms with E-state index in [-0.39, 0.29) is 35.8 Å². The van der Waals surface area contributed by atoms with E-state index in [9.17, 15) is 19.2 Å². The SMILES string of the molecule is CC(=O)Cn1c(=O)c2c(nc3n(CC(C)=O)c(C)c(C)n23)n(C)c1=O. The van der Waals surface area contributed by atoms with E-state index in [0.717, 1.165) is 16.0 Å². The number of fused-ring (bicyclic) bond motifs is 3. The number of hydrogen-bond donors (Lipinski definition) is 0. The van der Waals surface area contributed by atoms with Crippen molar-refractivity contribution < 1.29 is 9.59 Å². The topological polar surface area (TPSA) is 100 Å². The number of carbonyl (C=O) groups excluding carboxylic acids is 2. The van der Waals surface area contributed by atoms with Gasteiger partial charge < -0.3 is 4.57 Å². The van der Waals surface area contributed by atoms with E-state index in [1.54, 1.807) is 8.97 Å². The van der Waals surface area contributed by atoms with Gasteiger partial charge in [-0.2, -0.15) is 4.98 Å². The molecule has 132 valence electrons. The molecular formula is C16H19N5O4. The van der Waals surface area contributed by atoms with Crippen LogP contribution in [0.5, 0.6) is 0 Å². The van der Waals surface area contributed by atoms with E-state index < -0.39 is 11.2 Å². The van der Waals surface area contributed by atoms with E-state index in [4.69, 9.17) is 0 Å². The zero-order valence-corrected chi connectivity index (χ0v) is 14.8. The lowest BCUT2D eigenvalue weighted by molar-refractivity contribution is -0.118. The second kappa shape index (κ2) is 5.54. The molecule has 0 spiro atoms. The average molecular weight is 345 g/mol. The van der Waals surface area contributed by atoms with Gasteiger partial charge in [0.25, 0.3) is 5.56 Å². The molecule has 25 heavy (non-hydrogen) atoms. The molecule has 0 aliphatic rings. The molecule has 0 amide bonds. The molecular weight excluding hydrogens is 326 g/mol. The van der Waals surface area contributed by atoms with Crippen molar-refractivity contribution in [1.29, 1.82) is 0 Å². The molecule has 0 unspecified atom stereocenters. The lowest BCUT2D eigenvalue weighted by Gasteiger charge is -2.06. The highest BCUT2D eigenvalue weighted by atomic mass is 16.2. The molecule has 0 N–H and O–H groups in total. The highest BCUT2D eigenvalue weighted by Crippen LogP contribution is 2.20. The number of Topliss-reactive ketones (excluding diaryl/α,β-unsaturated/α-hetero) is 2. The molecule has 0 saturated heterocycles. The summed E-state index contributed by atoms with van der Waals surface area (Å²) in [4.78, 5) is 52.7. The molecule has 3 rings (SSSR count). The van der Waals surface area contributed by atoms with Gasteiger partial charge >= 0.3 is 5.69 Å². The quantitative estimate of drug-likeness (QED) is 0.660. The molecule has 9 nitrogen and oxygen atoms in total. The van der Waals surface area contributed by atoms with Crippen molar-refractivity contribution in [3.63, 3.8) is 0 Å². The third kappa shape index (κ3) is 2.34. The predicted molar refractivity (Wildman–Crippen MR) is 91.0 cm³/mol. The summed E-state index contributed by atoms with van der Waals surface area (Å²) in [5, 5.41) is 0. The van der Waals surface area contributed by atoms with Gasteiger partial charge in [-0.1, -0.05) is 0 Å². The van der Waals surface area contributed by atoms with E-state index in [2.05, 4.69) is 4.98 Å². The molecule has 0 fully saturated rings. The van der Waals surface area contributed by atoms with Crippen LogP contribution in [0.2, 0.25) is 0 Å². The highest BCUT2D eigenvalue weighted by molar-refractivity contribution is 5.80. The Morgan fingerprint density at radius 1 is 0.960 bits per heavy atom. The van der Waals surface area contributed by atoms with Crippen molar-refractivity contribution in [2.75, 3.05) is 0 Å². The standard InChI is InChI=1S/C16H19N5O4/c1-8(22)6-19-10(3)11(4)21-12-13(17-15(19)21)18(5)16(25)20(14(12)24)7-9(2)23/h6-7H2,1-5H3. The van der Waals surface area contributed by atoms with Gasteiger partial charge in [-0.3, -0.25) is 27.9 Å². The van der Waals surface area contributed by atoms with Crippen LogP contribution < -0.4 is 11.2 Å². The van der Waals surface area contributed by atoms with Gasteiger partial charge in [-0.05, 0) is 27.7 Å². The molecule has 3 aromatic rings. The first-order valence-electron chi connectivity index (χ1n) is 7.81. The Hall–Kier alpha value is -2.97. The summed E-state index contributed by atoms with van der Waals surface area (Å²) < 4.78 is 5.53. The second-order valence-electron chi connectivity index (χ2n) is 6.31. The molecule has 0 aromatic carbocycles. The summed E-state index contributed by atoms with van der Waals surface area (Å²) in [5.41, 5.74) is 0.853. The summed E-state index contributed by atoms with van der Waals surface area (Å²) in [6.07, 6.45) is 0. The zero-order valence-electron chi connectivity index (χ0n) is 14.8. The molecule has 0 saturated carbocycles. The van der Waals surface area contributed by atoms with Gasteiger partial charge in [0.05, 0.1) is 13.1 Å². The van der Waals surface area contributed by atoms with Gasteiger partial charge in [-0.15, -0.1) is 0 Å². The summed E-state index contributed by atoms with van der Waals surface area (Å²) in [6, 6.07) is 0.